The molecule has 1 aliphatic rings. The zero-order valence-corrected chi connectivity index (χ0v) is 12.1. The first-order chi connectivity index (χ1) is 9.52. The molecular formula is C15H21FN2O2. The number of hydrogen-bond acceptors (Lipinski definition) is 3. The van der Waals surface area contributed by atoms with Gasteiger partial charge in [0.2, 0.25) is 5.91 Å². The third kappa shape index (κ3) is 3.10. The summed E-state index contributed by atoms with van der Waals surface area (Å²) in [6, 6.07) is 4.99. The van der Waals surface area contributed by atoms with Gasteiger partial charge < -0.3 is 15.0 Å². The number of ether oxygens (including phenoxy) is 1. The number of methoxy groups -OCH3 is 1. The maximum atomic E-state index is 13.6. The van der Waals surface area contributed by atoms with Gasteiger partial charge >= 0.3 is 0 Å². The Morgan fingerprint density at radius 3 is 2.85 bits per heavy atom. The first-order valence-corrected chi connectivity index (χ1v) is 6.83. The molecular weight excluding hydrogens is 259 g/mol. The van der Waals surface area contributed by atoms with Crippen LogP contribution in [0.15, 0.2) is 18.2 Å². The summed E-state index contributed by atoms with van der Waals surface area (Å²) in [7, 11) is 3.19. The van der Waals surface area contributed by atoms with Crippen LogP contribution in [0.4, 0.5) is 4.39 Å². The average Bonchev–Trinajstić information content (AvgIpc) is 2.84. The van der Waals surface area contributed by atoms with E-state index in [1.54, 1.807) is 24.1 Å². The Hall–Kier alpha value is -1.62. The molecule has 1 aliphatic heterocycles. The maximum Gasteiger partial charge on any atom is 0.227 e. The summed E-state index contributed by atoms with van der Waals surface area (Å²) in [5.41, 5.74) is 0.762. The quantitative estimate of drug-likeness (QED) is 0.914. The third-order valence-electron chi connectivity index (χ3n) is 3.85. The van der Waals surface area contributed by atoms with Gasteiger partial charge in [-0.15, -0.1) is 0 Å². The summed E-state index contributed by atoms with van der Waals surface area (Å²) >= 11 is 0. The summed E-state index contributed by atoms with van der Waals surface area (Å²) in [6.07, 6.45) is 0.862. The summed E-state index contributed by atoms with van der Waals surface area (Å²) in [5.74, 6) is -0.0556. The lowest BCUT2D eigenvalue weighted by molar-refractivity contribution is -0.134. The second kappa shape index (κ2) is 6.22. The first-order valence-electron chi connectivity index (χ1n) is 6.83. The van der Waals surface area contributed by atoms with E-state index < -0.39 is 5.82 Å². The van der Waals surface area contributed by atoms with E-state index in [0.717, 1.165) is 18.5 Å². The number of amides is 1. The number of carbonyl (C=O) groups is 1. The van der Waals surface area contributed by atoms with Crippen LogP contribution in [-0.2, 0) is 11.3 Å². The summed E-state index contributed by atoms with van der Waals surface area (Å²) < 4.78 is 18.5. The van der Waals surface area contributed by atoms with Gasteiger partial charge in [-0.25, -0.2) is 4.39 Å². The van der Waals surface area contributed by atoms with Gasteiger partial charge in [0.05, 0.1) is 13.0 Å². The highest BCUT2D eigenvalue weighted by atomic mass is 19.1. The Morgan fingerprint density at radius 2 is 2.30 bits per heavy atom. The van der Waals surface area contributed by atoms with Crippen molar-refractivity contribution in [2.75, 3.05) is 20.7 Å². The molecule has 0 spiro atoms. The van der Waals surface area contributed by atoms with E-state index in [9.17, 15) is 9.18 Å². The van der Waals surface area contributed by atoms with Gasteiger partial charge in [-0.3, -0.25) is 4.79 Å². The largest absolute Gasteiger partial charge is 0.494 e. The smallest absolute Gasteiger partial charge is 0.227 e. The van der Waals surface area contributed by atoms with Gasteiger partial charge in [-0.05, 0) is 37.6 Å². The SMILES string of the molecule is COc1ccc(CN(C)C(=O)C2CCNC2C)cc1F. The molecule has 5 heteroatoms. The van der Waals surface area contributed by atoms with Crippen LogP contribution in [0, 0.1) is 11.7 Å². The molecule has 1 aromatic carbocycles. The van der Waals surface area contributed by atoms with E-state index in [4.69, 9.17) is 4.74 Å². The Morgan fingerprint density at radius 1 is 1.55 bits per heavy atom. The van der Waals surface area contributed by atoms with Gasteiger partial charge in [0.1, 0.15) is 0 Å². The predicted octanol–water partition coefficient (Wildman–Crippen LogP) is 1.79. The second-order valence-corrected chi connectivity index (χ2v) is 5.30. The average molecular weight is 280 g/mol. The topological polar surface area (TPSA) is 41.6 Å². The molecule has 20 heavy (non-hydrogen) atoms. The van der Waals surface area contributed by atoms with Gasteiger partial charge in [0.25, 0.3) is 0 Å². The zero-order valence-electron chi connectivity index (χ0n) is 12.1. The highest BCUT2D eigenvalue weighted by molar-refractivity contribution is 5.79. The molecule has 1 saturated heterocycles. The van der Waals surface area contributed by atoms with E-state index in [2.05, 4.69) is 5.32 Å². The lowest BCUT2D eigenvalue weighted by Crippen LogP contribution is -2.37. The summed E-state index contributed by atoms with van der Waals surface area (Å²) in [6.45, 7) is 3.31. The fraction of sp³-hybridized carbons (Fsp3) is 0.533. The van der Waals surface area contributed by atoms with Crippen LogP contribution in [0.2, 0.25) is 0 Å². The molecule has 0 aromatic heterocycles. The van der Waals surface area contributed by atoms with Gasteiger partial charge in [-0.1, -0.05) is 6.07 Å². The van der Waals surface area contributed by atoms with Crippen LogP contribution in [0.5, 0.6) is 5.75 Å². The highest BCUT2D eigenvalue weighted by Crippen LogP contribution is 2.21. The number of carbonyl (C=O) groups excluding carboxylic acids is 1. The first kappa shape index (κ1) is 14.8. The van der Waals surface area contributed by atoms with Crippen LogP contribution in [0.25, 0.3) is 0 Å². The number of benzene rings is 1. The molecule has 4 nitrogen and oxygen atoms in total. The van der Waals surface area contributed by atoms with Crippen molar-refractivity contribution in [2.45, 2.75) is 25.9 Å². The van der Waals surface area contributed by atoms with E-state index >= 15 is 0 Å². The van der Waals surface area contributed by atoms with Crippen molar-refractivity contribution in [1.29, 1.82) is 0 Å². The van der Waals surface area contributed by atoms with Crippen LogP contribution in [0.3, 0.4) is 0 Å². The van der Waals surface area contributed by atoms with E-state index in [1.165, 1.54) is 13.2 Å². The van der Waals surface area contributed by atoms with Crippen LogP contribution in [0.1, 0.15) is 18.9 Å². The molecule has 1 amide bonds. The van der Waals surface area contributed by atoms with Crippen molar-refractivity contribution in [1.82, 2.24) is 10.2 Å². The molecule has 2 rings (SSSR count). The van der Waals surface area contributed by atoms with Gasteiger partial charge in [0.15, 0.2) is 11.6 Å². The Kier molecular flexibility index (Phi) is 4.60. The standard InChI is InChI=1S/C15H21FN2O2/c1-10-12(6-7-17-10)15(19)18(2)9-11-4-5-14(20-3)13(16)8-11/h4-5,8,10,12,17H,6-7,9H2,1-3H3. The molecule has 0 radical (unpaired) electrons. The molecule has 1 heterocycles. The molecule has 0 aliphatic carbocycles. The Balaban J connectivity index is 2.02. The number of nitrogens with zero attached hydrogens (tertiary/aromatic N) is 1. The molecule has 110 valence electrons. The van der Waals surface area contributed by atoms with Crippen molar-refractivity contribution in [3.63, 3.8) is 0 Å². The predicted molar refractivity (Wildman–Crippen MR) is 75.0 cm³/mol. The van der Waals surface area contributed by atoms with Crippen molar-refractivity contribution in [3.05, 3.63) is 29.6 Å². The molecule has 2 unspecified atom stereocenters. The minimum Gasteiger partial charge on any atom is -0.494 e. The van der Waals surface area contributed by atoms with Gasteiger partial charge in [0, 0.05) is 19.6 Å². The monoisotopic (exact) mass is 280 g/mol. The van der Waals surface area contributed by atoms with Crippen molar-refractivity contribution in [3.8, 4) is 5.75 Å². The molecule has 0 saturated carbocycles. The molecule has 1 fully saturated rings. The maximum absolute atomic E-state index is 13.6. The fourth-order valence-corrected chi connectivity index (χ4v) is 2.64. The number of hydrogen-bond donors (Lipinski definition) is 1. The van der Waals surface area contributed by atoms with Crippen LogP contribution < -0.4 is 10.1 Å². The number of rotatable bonds is 4. The van der Waals surface area contributed by atoms with Crippen molar-refractivity contribution in [2.24, 2.45) is 5.92 Å². The van der Waals surface area contributed by atoms with Crippen molar-refractivity contribution >= 4 is 5.91 Å². The lowest BCUT2D eigenvalue weighted by atomic mass is 10.0. The Labute approximate surface area is 118 Å². The lowest BCUT2D eigenvalue weighted by Gasteiger charge is -2.23. The normalized spacial score (nSPS) is 21.8. The van der Waals surface area contributed by atoms with E-state index in [1.807, 2.05) is 6.92 Å². The fourth-order valence-electron chi connectivity index (χ4n) is 2.64. The van der Waals surface area contributed by atoms with Crippen LogP contribution >= 0.6 is 0 Å². The molecule has 0 bridgehead atoms. The summed E-state index contributed by atoms with van der Waals surface area (Å²) in [5, 5.41) is 3.27. The molecule has 2 atom stereocenters. The zero-order chi connectivity index (χ0) is 14.7. The van der Waals surface area contributed by atoms with Gasteiger partial charge in [-0.2, -0.15) is 0 Å². The molecule has 1 N–H and O–H groups in total. The van der Waals surface area contributed by atoms with E-state index in [0.29, 0.717) is 6.54 Å². The highest BCUT2D eigenvalue weighted by Gasteiger charge is 2.31. The second-order valence-electron chi connectivity index (χ2n) is 5.30. The minimum absolute atomic E-state index is 0.0168. The molecule has 1 aromatic rings. The van der Waals surface area contributed by atoms with E-state index in [-0.39, 0.29) is 23.6 Å². The minimum atomic E-state index is -0.401. The van der Waals surface area contributed by atoms with Crippen LogP contribution in [-0.4, -0.2) is 37.6 Å². The number of halogens is 1. The third-order valence-corrected chi connectivity index (χ3v) is 3.85. The van der Waals surface area contributed by atoms with Crippen molar-refractivity contribution < 1.29 is 13.9 Å². The number of nitrogens with one attached hydrogen (secondary N) is 1. The summed E-state index contributed by atoms with van der Waals surface area (Å²) in [4.78, 5) is 14.0. The Bertz CT molecular complexity index is 493.